The van der Waals surface area contributed by atoms with Gasteiger partial charge in [0.05, 0.1) is 11.6 Å². The lowest BCUT2D eigenvalue weighted by Crippen LogP contribution is -2.30. The molecule has 0 aliphatic heterocycles. The third-order valence-corrected chi connectivity index (χ3v) is 3.33. The number of nitrogens with two attached hydrogens (primary N) is 1. The lowest BCUT2D eigenvalue weighted by atomic mass is 10.2. The number of rotatable bonds is 8. The van der Waals surface area contributed by atoms with Crippen LogP contribution in [0.15, 0.2) is 16.6 Å². The Morgan fingerprint density at radius 3 is 2.75 bits per heavy atom. The average Bonchev–Trinajstić information content (AvgIpc) is 2.41. The van der Waals surface area contributed by atoms with Crippen LogP contribution in [0.25, 0.3) is 0 Å². The summed E-state index contributed by atoms with van der Waals surface area (Å²) < 4.78 is 11.6. The molecule has 0 aromatic heterocycles. The van der Waals surface area contributed by atoms with E-state index in [0.717, 1.165) is 29.5 Å². The van der Waals surface area contributed by atoms with E-state index in [-0.39, 0.29) is 0 Å². The number of carbonyl (C=O) groups is 1. The molecule has 1 amide bonds. The highest BCUT2D eigenvalue weighted by atomic mass is 79.9. The van der Waals surface area contributed by atoms with E-state index in [4.69, 9.17) is 15.2 Å². The van der Waals surface area contributed by atoms with Gasteiger partial charge in [-0.25, -0.2) is 0 Å². The molecule has 0 aliphatic carbocycles. The molecule has 1 atom stereocenters. The zero-order chi connectivity index (χ0) is 15.1. The molecule has 1 aromatic rings. The molecule has 1 rings (SSSR count). The van der Waals surface area contributed by atoms with Crippen molar-refractivity contribution in [3.8, 4) is 11.5 Å². The van der Waals surface area contributed by atoms with Gasteiger partial charge in [-0.2, -0.15) is 0 Å². The number of nitrogens with one attached hydrogen (secondary N) is 1. The first kappa shape index (κ1) is 16.8. The van der Waals surface area contributed by atoms with Gasteiger partial charge in [0.15, 0.2) is 17.6 Å². The minimum Gasteiger partial charge on any atom is -0.493 e. The molecule has 3 N–H and O–H groups in total. The summed E-state index contributed by atoms with van der Waals surface area (Å²) in [5.41, 5.74) is 6.28. The van der Waals surface area contributed by atoms with E-state index in [1.54, 1.807) is 14.0 Å². The summed E-state index contributed by atoms with van der Waals surface area (Å²) in [6.07, 6.45) is 0.361. The van der Waals surface area contributed by atoms with E-state index in [1.807, 2.05) is 12.1 Å². The van der Waals surface area contributed by atoms with Crippen LogP contribution in [0.4, 0.5) is 0 Å². The minimum absolute atomic E-state index is 0.484. The zero-order valence-electron chi connectivity index (χ0n) is 12.0. The van der Waals surface area contributed by atoms with Gasteiger partial charge in [0.25, 0.3) is 5.91 Å². The molecule has 112 valence electrons. The Kier molecular flexibility index (Phi) is 6.81. The van der Waals surface area contributed by atoms with E-state index in [2.05, 4.69) is 28.2 Å². The van der Waals surface area contributed by atoms with E-state index in [1.165, 1.54) is 0 Å². The molecule has 6 heteroatoms. The summed E-state index contributed by atoms with van der Waals surface area (Å²) in [5.74, 6) is 0.534. The predicted octanol–water partition coefficient (Wildman–Crippen LogP) is 2.21. The normalized spacial score (nSPS) is 12.0. The zero-order valence-corrected chi connectivity index (χ0v) is 13.6. The van der Waals surface area contributed by atoms with Crippen LogP contribution in [0.1, 0.15) is 25.8 Å². The lowest BCUT2D eigenvalue weighted by Gasteiger charge is -2.17. The predicted molar refractivity (Wildman–Crippen MR) is 82.0 cm³/mol. The molecular formula is C14H21BrN2O3. The Hall–Kier alpha value is -1.27. The van der Waals surface area contributed by atoms with Crippen LogP contribution < -0.4 is 20.5 Å². The fraction of sp³-hybridized carbons (Fsp3) is 0.500. The second kappa shape index (κ2) is 8.11. The van der Waals surface area contributed by atoms with Gasteiger partial charge in [-0.3, -0.25) is 4.79 Å². The van der Waals surface area contributed by atoms with Crippen LogP contribution in [-0.2, 0) is 11.3 Å². The van der Waals surface area contributed by atoms with Crippen LogP contribution in [0.5, 0.6) is 11.5 Å². The van der Waals surface area contributed by atoms with Crippen molar-refractivity contribution >= 4 is 21.8 Å². The second-order valence-electron chi connectivity index (χ2n) is 4.45. The Bertz CT molecular complexity index is 466. The van der Waals surface area contributed by atoms with Crippen molar-refractivity contribution in [3.63, 3.8) is 0 Å². The molecule has 20 heavy (non-hydrogen) atoms. The van der Waals surface area contributed by atoms with Gasteiger partial charge in [-0.15, -0.1) is 0 Å². The maximum Gasteiger partial charge on any atom is 0.258 e. The van der Waals surface area contributed by atoms with Gasteiger partial charge in [-0.05, 0) is 53.5 Å². The first-order valence-corrected chi connectivity index (χ1v) is 7.32. The van der Waals surface area contributed by atoms with E-state index < -0.39 is 12.0 Å². The van der Waals surface area contributed by atoms with Gasteiger partial charge in [0.1, 0.15) is 0 Å². The highest BCUT2D eigenvalue weighted by molar-refractivity contribution is 9.10. The number of ether oxygens (including phenoxy) is 2. The number of primary amides is 1. The smallest absolute Gasteiger partial charge is 0.258 e. The maximum absolute atomic E-state index is 11.1. The van der Waals surface area contributed by atoms with Crippen LogP contribution in [0.3, 0.4) is 0 Å². The highest BCUT2D eigenvalue weighted by Gasteiger charge is 2.17. The number of hydrogen-bond acceptors (Lipinski definition) is 4. The van der Waals surface area contributed by atoms with Crippen molar-refractivity contribution in [1.29, 1.82) is 0 Å². The third kappa shape index (κ3) is 4.68. The van der Waals surface area contributed by atoms with E-state index >= 15 is 0 Å². The monoisotopic (exact) mass is 344 g/mol. The second-order valence-corrected chi connectivity index (χ2v) is 5.30. The van der Waals surface area contributed by atoms with Crippen molar-refractivity contribution in [3.05, 3.63) is 22.2 Å². The fourth-order valence-corrected chi connectivity index (χ4v) is 2.22. The van der Waals surface area contributed by atoms with Crippen LogP contribution in [0.2, 0.25) is 0 Å². The molecule has 0 saturated heterocycles. The Balaban J connectivity index is 2.92. The molecule has 5 nitrogen and oxygen atoms in total. The van der Waals surface area contributed by atoms with Gasteiger partial charge in [0, 0.05) is 6.54 Å². The summed E-state index contributed by atoms with van der Waals surface area (Å²) in [5, 5.41) is 3.32. The first-order chi connectivity index (χ1) is 9.49. The van der Waals surface area contributed by atoms with Gasteiger partial charge < -0.3 is 20.5 Å². The SMILES string of the molecule is CCCNCc1cc(Br)c(OC(C)C(N)=O)c(OC)c1. The van der Waals surface area contributed by atoms with Gasteiger partial charge >= 0.3 is 0 Å². The van der Waals surface area contributed by atoms with Crippen molar-refractivity contribution in [2.75, 3.05) is 13.7 Å². The molecule has 0 radical (unpaired) electrons. The largest absolute Gasteiger partial charge is 0.493 e. The molecule has 0 fully saturated rings. The lowest BCUT2D eigenvalue weighted by molar-refractivity contribution is -0.124. The summed E-state index contributed by atoms with van der Waals surface area (Å²) in [7, 11) is 1.56. The van der Waals surface area contributed by atoms with Crippen molar-refractivity contribution < 1.29 is 14.3 Å². The summed E-state index contributed by atoms with van der Waals surface area (Å²) >= 11 is 3.44. The Morgan fingerprint density at radius 2 is 2.20 bits per heavy atom. The highest BCUT2D eigenvalue weighted by Crippen LogP contribution is 2.37. The van der Waals surface area contributed by atoms with Crippen molar-refractivity contribution in [2.24, 2.45) is 5.73 Å². The van der Waals surface area contributed by atoms with Crippen LogP contribution in [0, 0.1) is 0 Å². The molecular weight excluding hydrogens is 324 g/mol. The summed E-state index contributed by atoms with van der Waals surface area (Å²) in [6.45, 7) is 5.42. The molecule has 0 aliphatic rings. The number of methoxy groups -OCH3 is 1. The number of benzene rings is 1. The standard InChI is InChI=1S/C14H21BrN2O3/c1-4-5-17-8-10-6-11(15)13(12(7-10)19-3)20-9(2)14(16)18/h6-7,9,17H,4-5,8H2,1-3H3,(H2,16,18). The molecule has 0 heterocycles. The number of amides is 1. The third-order valence-electron chi connectivity index (χ3n) is 2.74. The fourth-order valence-electron chi connectivity index (χ4n) is 1.63. The van der Waals surface area contributed by atoms with Crippen LogP contribution >= 0.6 is 15.9 Å². The van der Waals surface area contributed by atoms with Crippen molar-refractivity contribution in [2.45, 2.75) is 32.9 Å². The minimum atomic E-state index is -0.718. The number of hydrogen-bond donors (Lipinski definition) is 2. The quantitative estimate of drug-likeness (QED) is 0.709. The Labute approximate surface area is 127 Å². The average molecular weight is 345 g/mol. The van der Waals surface area contributed by atoms with E-state index in [9.17, 15) is 4.79 Å². The van der Waals surface area contributed by atoms with E-state index in [0.29, 0.717) is 11.5 Å². The molecule has 1 unspecified atom stereocenters. The molecule has 0 bridgehead atoms. The van der Waals surface area contributed by atoms with Crippen LogP contribution in [-0.4, -0.2) is 25.7 Å². The summed E-state index contributed by atoms with van der Waals surface area (Å²) in [6, 6.07) is 3.82. The number of carbonyl (C=O) groups excluding carboxylic acids is 1. The molecule has 0 spiro atoms. The maximum atomic E-state index is 11.1. The molecule has 0 saturated carbocycles. The summed E-state index contributed by atoms with van der Waals surface area (Å²) in [4.78, 5) is 11.1. The molecule has 1 aromatic carbocycles. The Morgan fingerprint density at radius 1 is 1.50 bits per heavy atom. The van der Waals surface area contributed by atoms with Gasteiger partial charge in [-0.1, -0.05) is 6.92 Å². The van der Waals surface area contributed by atoms with Crippen molar-refractivity contribution in [1.82, 2.24) is 5.32 Å². The number of halogens is 1. The van der Waals surface area contributed by atoms with Gasteiger partial charge in [0.2, 0.25) is 0 Å². The topological polar surface area (TPSA) is 73.6 Å². The first-order valence-electron chi connectivity index (χ1n) is 6.52.